The summed E-state index contributed by atoms with van der Waals surface area (Å²) in [5.41, 5.74) is 0.734. The highest BCUT2D eigenvalue weighted by molar-refractivity contribution is 7.89. The second kappa shape index (κ2) is 4.64. The van der Waals surface area contributed by atoms with Gasteiger partial charge in [0.05, 0.1) is 6.20 Å². The van der Waals surface area contributed by atoms with E-state index >= 15 is 0 Å². The van der Waals surface area contributed by atoms with Crippen LogP contribution in [0, 0.1) is 5.41 Å². The summed E-state index contributed by atoms with van der Waals surface area (Å²) in [6, 6.07) is 0.0257. The number of aromatic nitrogens is 2. The van der Waals surface area contributed by atoms with Gasteiger partial charge in [-0.2, -0.15) is 5.10 Å². The van der Waals surface area contributed by atoms with Gasteiger partial charge in [-0.3, -0.25) is 5.10 Å². The molecule has 1 fully saturated rings. The molecule has 0 spiro atoms. The van der Waals surface area contributed by atoms with Gasteiger partial charge >= 0.3 is 0 Å². The van der Waals surface area contributed by atoms with Crippen LogP contribution in [0.25, 0.3) is 0 Å². The first kappa shape index (κ1) is 13.5. The van der Waals surface area contributed by atoms with Crippen molar-refractivity contribution in [2.75, 3.05) is 6.54 Å². The maximum absolute atomic E-state index is 12.2. The van der Waals surface area contributed by atoms with Crippen LogP contribution < -0.4 is 10.0 Å². The molecule has 102 valence electrons. The summed E-state index contributed by atoms with van der Waals surface area (Å²) in [5.74, 6) is 0. The van der Waals surface area contributed by atoms with E-state index in [1.165, 1.54) is 0 Å². The number of nitrogens with one attached hydrogen (secondary N) is 3. The first-order valence-corrected chi connectivity index (χ1v) is 7.60. The van der Waals surface area contributed by atoms with Gasteiger partial charge in [-0.05, 0) is 18.4 Å². The molecule has 1 aromatic heterocycles. The predicted octanol–water partition coefficient (Wildman–Crippen LogP) is 0.596. The van der Waals surface area contributed by atoms with Gasteiger partial charge in [0.15, 0.2) is 5.03 Å². The molecule has 2 rings (SSSR count). The van der Waals surface area contributed by atoms with Crippen molar-refractivity contribution in [1.29, 1.82) is 0 Å². The lowest BCUT2D eigenvalue weighted by Gasteiger charge is -2.08. The standard InChI is InChI=1S/C11H20N4O2S/c1-4-12-6-8-7-13-14-10(8)18(16,17)15-9-5-11(9,2)3/h7,9,12,15H,4-6H2,1-3H3,(H,13,14). The van der Waals surface area contributed by atoms with E-state index in [4.69, 9.17) is 0 Å². The normalized spacial score (nSPS) is 22.1. The molecule has 0 aliphatic heterocycles. The highest BCUT2D eigenvalue weighted by atomic mass is 32.2. The molecule has 18 heavy (non-hydrogen) atoms. The maximum Gasteiger partial charge on any atom is 0.258 e. The minimum atomic E-state index is -3.49. The Bertz CT molecular complexity index is 521. The number of sulfonamides is 1. The van der Waals surface area contributed by atoms with E-state index in [-0.39, 0.29) is 16.5 Å². The largest absolute Gasteiger partial charge is 0.313 e. The van der Waals surface area contributed by atoms with Gasteiger partial charge in [0, 0.05) is 18.2 Å². The Balaban J connectivity index is 2.12. The lowest BCUT2D eigenvalue weighted by atomic mass is 10.2. The Morgan fingerprint density at radius 3 is 2.78 bits per heavy atom. The Morgan fingerprint density at radius 1 is 1.56 bits per heavy atom. The lowest BCUT2D eigenvalue weighted by Crippen LogP contribution is -2.30. The number of aromatic amines is 1. The Labute approximate surface area is 108 Å². The average Bonchev–Trinajstić information content (AvgIpc) is 2.71. The van der Waals surface area contributed by atoms with Crippen LogP contribution in [0.5, 0.6) is 0 Å². The molecule has 0 radical (unpaired) electrons. The average molecular weight is 272 g/mol. The molecule has 1 atom stereocenters. The number of rotatable bonds is 6. The van der Waals surface area contributed by atoms with Gasteiger partial charge < -0.3 is 5.32 Å². The Hall–Kier alpha value is -0.920. The van der Waals surface area contributed by atoms with Crippen molar-refractivity contribution < 1.29 is 8.42 Å². The van der Waals surface area contributed by atoms with Gasteiger partial charge in [0.2, 0.25) is 0 Å². The molecule has 0 bridgehead atoms. The molecule has 1 heterocycles. The van der Waals surface area contributed by atoms with Crippen LogP contribution in [0.3, 0.4) is 0 Å². The van der Waals surface area contributed by atoms with Crippen molar-refractivity contribution in [3.8, 4) is 0 Å². The number of nitrogens with zero attached hydrogens (tertiary/aromatic N) is 1. The molecular weight excluding hydrogens is 252 g/mol. The monoisotopic (exact) mass is 272 g/mol. The summed E-state index contributed by atoms with van der Waals surface area (Å²) < 4.78 is 27.1. The predicted molar refractivity (Wildman–Crippen MR) is 68.5 cm³/mol. The topological polar surface area (TPSA) is 86.9 Å². The molecule has 7 heteroatoms. The third-order valence-electron chi connectivity index (χ3n) is 3.32. The van der Waals surface area contributed by atoms with Gasteiger partial charge in [0.25, 0.3) is 10.0 Å². The smallest absolute Gasteiger partial charge is 0.258 e. The van der Waals surface area contributed by atoms with E-state index in [2.05, 4.69) is 20.2 Å². The van der Waals surface area contributed by atoms with Crippen LogP contribution >= 0.6 is 0 Å². The zero-order valence-corrected chi connectivity index (χ0v) is 11.8. The molecule has 0 saturated heterocycles. The van der Waals surface area contributed by atoms with Crippen molar-refractivity contribution in [3.05, 3.63) is 11.8 Å². The van der Waals surface area contributed by atoms with E-state index in [1.807, 2.05) is 20.8 Å². The van der Waals surface area contributed by atoms with E-state index < -0.39 is 10.0 Å². The Morgan fingerprint density at radius 2 is 2.22 bits per heavy atom. The second-order valence-electron chi connectivity index (χ2n) is 5.37. The van der Waals surface area contributed by atoms with Crippen LogP contribution in [-0.2, 0) is 16.6 Å². The SMILES string of the molecule is CCNCc1cn[nH]c1S(=O)(=O)NC1CC1(C)C. The van der Waals surface area contributed by atoms with Crippen LogP contribution in [0.2, 0.25) is 0 Å². The lowest BCUT2D eigenvalue weighted by molar-refractivity contribution is 0.550. The summed E-state index contributed by atoms with van der Waals surface area (Å²) >= 11 is 0. The highest BCUT2D eigenvalue weighted by Crippen LogP contribution is 2.45. The van der Waals surface area contributed by atoms with Crippen LogP contribution in [-0.4, -0.2) is 31.2 Å². The molecule has 6 nitrogen and oxygen atoms in total. The second-order valence-corrected chi connectivity index (χ2v) is 7.02. The fraction of sp³-hybridized carbons (Fsp3) is 0.727. The molecule has 0 aromatic carbocycles. The van der Waals surface area contributed by atoms with E-state index in [1.54, 1.807) is 6.20 Å². The van der Waals surface area contributed by atoms with Gasteiger partial charge in [-0.1, -0.05) is 20.8 Å². The van der Waals surface area contributed by atoms with E-state index in [9.17, 15) is 8.42 Å². The summed E-state index contributed by atoms with van der Waals surface area (Å²) in [6.45, 7) is 7.35. The third-order valence-corrected chi connectivity index (χ3v) is 4.81. The van der Waals surface area contributed by atoms with E-state index in [0.29, 0.717) is 12.1 Å². The zero-order valence-electron chi connectivity index (χ0n) is 10.9. The molecule has 1 aromatic rings. The number of H-pyrrole nitrogens is 1. The van der Waals surface area contributed by atoms with Gasteiger partial charge in [0.1, 0.15) is 0 Å². The summed E-state index contributed by atoms with van der Waals surface area (Å²) in [5, 5.41) is 9.66. The molecule has 0 amide bonds. The molecular formula is C11H20N4O2S. The quantitative estimate of drug-likeness (QED) is 0.707. The maximum atomic E-state index is 12.2. The number of hydrogen-bond acceptors (Lipinski definition) is 4. The van der Waals surface area contributed by atoms with Crippen LogP contribution in [0.1, 0.15) is 32.8 Å². The first-order valence-electron chi connectivity index (χ1n) is 6.12. The van der Waals surface area contributed by atoms with Crippen molar-refractivity contribution in [2.45, 2.75) is 44.8 Å². The van der Waals surface area contributed by atoms with Gasteiger partial charge in [-0.25, -0.2) is 13.1 Å². The fourth-order valence-electron chi connectivity index (χ4n) is 1.83. The van der Waals surface area contributed by atoms with Crippen molar-refractivity contribution in [1.82, 2.24) is 20.2 Å². The first-order chi connectivity index (χ1) is 8.37. The zero-order chi connectivity index (χ0) is 13.4. The Kier molecular flexibility index (Phi) is 3.48. The van der Waals surface area contributed by atoms with Crippen LogP contribution in [0.15, 0.2) is 11.2 Å². The molecule has 1 aliphatic rings. The minimum absolute atomic E-state index is 0.0257. The molecule has 1 unspecified atom stereocenters. The summed E-state index contributed by atoms with van der Waals surface area (Å²) in [6.07, 6.45) is 2.43. The summed E-state index contributed by atoms with van der Waals surface area (Å²) in [4.78, 5) is 0. The summed E-state index contributed by atoms with van der Waals surface area (Å²) in [7, 11) is -3.49. The van der Waals surface area contributed by atoms with E-state index in [0.717, 1.165) is 13.0 Å². The van der Waals surface area contributed by atoms with Crippen LogP contribution in [0.4, 0.5) is 0 Å². The van der Waals surface area contributed by atoms with Crippen molar-refractivity contribution >= 4 is 10.0 Å². The third kappa shape index (κ3) is 2.73. The molecule has 1 saturated carbocycles. The number of hydrogen-bond donors (Lipinski definition) is 3. The van der Waals surface area contributed by atoms with Crippen molar-refractivity contribution in [2.24, 2.45) is 5.41 Å². The highest BCUT2D eigenvalue weighted by Gasteiger charge is 2.48. The van der Waals surface area contributed by atoms with Crippen molar-refractivity contribution in [3.63, 3.8) is 0 Å². The molecule has 1 aliphatic carbocycles. The van der Waals surface area contributed by atoms with Gasteiger partial charge in [-0.15, -0.1) is 0 Å². The molecule has 3 N–H and O–H groups in total. The fourth-order valence-corrected chi connectivity index (χ4v) is 3.37. The minimum Gasteiger partial charge on any atom is -0.313 e.